The largest absolute Gasteiger partial charge is 0.496 e. The van der Waals surface area contributed by atoms with Gasteiger partial charge in [-0.05, 0) is 23.6 Å². The minimum atomic E-state index is 0.0611. The Kier molecular flexibility index (Phi) is 8.06. The van der Waals surface area contributed by atoms with Crippen molar-refractivity contribution >= 4 is 28.2 Å². The first-order valence-corrected chi connectivity index (χ1v) is 11.7. The summed E-state index contributed by atoms with van der Waals surface area (Å²) < 4.78 is 18.0. The highest BCUT2D eigenvalue weighted by molar-refractivity contribution is 5.96. The maximum Gasteiger partial charge on any atom is 0.158 e. The molecule has 0 amide bonds. The van der Waals surface area contributed by atoms with Crippen molar-refractivity contribution in [3.8, 4) is 11.5 Å². The Bertz CT molecular complexity index is 1320. The van der Waals surface area contributed by atoms with Gasteiger partial charge < -0.3 is 19.5 Å². The summed E-state index contributed by atoms with van der Waals surface area (Å²) in [6.45, 7) is 5.19. The zero-order valence-electron chi connectivity index (χ0n) is 20.9. The minimum absolute atomic E-state index is 0.0611. The molecule has 0 saturated carbocycles. The van der Waals surface area contributed by atoms with Crippen LogP contribution in [-0.4, -0.2) is 58.2 Å². The molecule has 4 rings (SSSR count). The lowest BCUT2D eigenvalue weighted by atomic mass is 10.1. The van der Waals surface area contributed by atoms with Crippen LogP contribution in [0, 0.1) is 0 Å². The average Bonchev–Trinajstić information content (AvgIpc) is 3.33. The number of rotatable bonds is 12. The SMILES string of the molecule is COCCOc1cc(OC)c2c(Nc3ccc(CC(=O)Cn4cc(C(C)C)nn4)cc3)ncnc2c1. The lowest BCUT2D eigenvalue weighted by Crippen LogP contribution is -2.13. The predicted molar refractivity (Wildman–Crippen MR) is 136 cm³/mol. The van der Waals surface area contributed by atoms with Crippen LogP contribution in [0.2, 0.25) is 0 Å². The monoisotopic (exact) mass is 490 g/mol. The molecule has 0 radical (unpaired) electrons. The number of hydrogen-bond acceptors (Lipinski definition) is 9. The van der Waals surface area contributed by atoms with E-state index < -0.39 is 0 Å². The van der Waals surface area contributed by atoms with E-state index in [1.807, 2.05) is 50.4 Å². The van der Waals surface area contributed by atoms with Crippen LogP contribution in [0.15, 0.2) is 48.9 Å². The third-order valence-electron chi connectivity index (χ3n) is 5.56. The van der Waals surface area contributed by atoms with Gasteiger partial charge in [0, 0.05) is 37.5 Å². The lowest BCUT2D eigenvalue weighted by molar-refractivity contribution is -0.119. The number of fused-ring (bicyclic) bond motifs is 1. The second-order valence-corrected chi connectivity index (χ2v) is 8.62. The van der Waals surface area contributed by atoms with E-state index in [4.69, 9.17) is 14.2 Å². The van der Waals surface area contributed by atoms with E-state index in [-0.39, 0.29) is 18.2 Å². The number of nitrogens with one attached hydrogen (secondary N) is 1. The van der Waals surface area contributed by atoms with Crippen LogP contribution in [0.5, 0.6) is 11.5 Å². The van der Waals surface area contributed by atoms with Gasteiger partial charge in [0.25, 0.3) is 0 Å². The average molecular weight is 491 g/mol. The third kappa shape index (κ3) is 6.14. The number of carbonyl (C=O) groups excluding carboxylic acids is 1. The van der Waals surface area contributed by atoms with E-state index in [9.17, 15) is 4.79 Å². The molecule has 2 heterocycles. The molecule has 0 unspecified atom stereocenters. The van der Waals surface area contributed by atoms with E-state index in [0.29, 0.717) is 42.5 Å². The zero-order chi connectivity index (χ0) is 25.5. The van der Waals surface area contributed by atoms with Crippen molar-refractivity contribution in [2.24, 2.45) is 0 Å². The molecule has 0 aliphatic heterocycles. The molecule has 0 aliphatic rings. The molecule has 2 aromatic carbocycles. The van der Waals surface area contributed by atoms with Crippen molar-refractivity contribution in [2.75, 3.05) is 32.8 Å². The molecule has 2 aromatic heterocycles. The fourth-order valence-corrected chi connectivity index (χ4v) is 3.67. The topological polar surface area (TPSA) is 113 Å². The van der Waals surface area contributed by atoms with E-state index in [0.717, 1.165) is 22.3 Å². The van der Waals surface area contributed by atoms with Crippen molar-refractivity contribution in [2.45, 2.75) is 32.7 Å². The first-order valence-electron chi connectivity index (χ1n) is 11.7. The number of aromatic nitrogens is 5. The molecular formula is C26H30N6O4. The fourth-order valence-electron chi connectivity index (χ4n) is 3.67. The number of ether oxygens (including phenoxy) is 3. The molecule has 1 N–H and O–H groups in total. The Morgan fingerprint density at radius 2 is 1.89 bits per heavy atom. The van der Waals surface area contributed by atoms with Crippen LogP contribution in [0.1, 0.15) is 31.0 Å². The summed E-state index contributed by atoms with van der Waals surface area (Å²) in [6, 6.07) is 11.3. The first kappa shape index (κ1) is 25.1. The Morgan fingerprint density at radius 1 is 1.08 bits per heavy atom. The van der Waals surface area contributed by atoms with Crippen LogP contribution in [-0.2, 0) is 22.5 Å². The second-order valence-electron chi connectivity index (χ2n) is 8.62. The fraction of sp³-hybridized carbons (Fsp3) is 0.346. The number of benzene rings is 2. The summed E-state index contributed by atoms with van der Waals surface area (Å²) in [4.78, 5) is 21.3. The molecule has 0 atom stereocenters. The van der Waals surface area contributed by atoms with Gasteiger partial charge in [0.15, 0.2) is 5.78 Å². The van der Waals surface area contributed by atoms with Crippen molar-refractivity contribution < 1.29 is 19.0 Å². The van der Waals surface area contributed by atoms with Crippen molar-refractivity contribution in [3.05, 3.63) is 60.2 Å². The van der Waals surface area contributed by atoms with Gasteiger partial charge in [-0.1, -0.05) is 31.2 Å². The van der Waals surface area contributed by atoms with Crippen molar-refractivity contribution in [3.63, 3.8) is 0 Å². The van der Waals surface area contributed by atoms with Gasteiger partial charge in [-0.25, -0.2) is 14.6 Å². The van der Waals surface area contributed by atoms with Crippen LogP contribution >= 0.6 is 0 Å². The summed E-state index contributed by atoms with van der Waals surface area (Å²) in [6.07, 6.45) is 3.63. The van der Waals surface area contributed by atoms with E-state index >= 15 is 0 Å². The van der Waals surface area contributed by atoms with Gasteiger partial charge >= 0.3 is 0 Å². The minimum Gasteiger partial charge on any atom is -0.496 e. The Labute approximate surface area is 209 Å². The predicted octanol–water partition coefficient (Wildman–Crippen LogP) is 3.93. The van der Waals surface area contributed by atoms with Gasteiger partial charge in [-0.2, -0.15) is 0 Å². The summed E-state index contributed by atoms with van der Waals surface area (Å²) in [5, 5.41) is 12.2. The molecule has 4 aromatic rings. The van der Waals surface area contributed by atoms with Crippen LogP contribution in [0.3, 0.4) is 0 Å². The Morgan fingerprint density at radius 3 is 2.58 bits per heavy atom. The van der Waals surface area contributed by atoms with Crippen LogP contribution in [0.25, 0.3) is 10.9 Å². The maximum atomic E-state index is 12.5. The van der Waals surface area contributed by atoms with Crippen LogP contribution < -0.4 is 14.8 Å². The highest BCUT2D eigenvalue weighted by atomic mass is 16.5. The summed E-state index contributed by atoms with van der Waals surface area (Å²) in [7, 11) is 3.22. The number of methoxy groups -OCH3 is 2. The van der Waals surface area contributed by atoms with E-state index in [1.165, 1.54) is 6.33 Å². The van der Waals surface area contributed by atoms with E-state index in [1.54, 1.807) is 25.0 Å². The van der Waals surface area contributed by atoms with Gasteiger partial charge in [-0.3, -0.25) is 4.79 Å². The summed E-state index contributed by atoms with van der Waals surface area (Å²) >= 11 is 0. The quantitative estimate of drug-likeness (QED) is 0.295. The molecule has 10 nitrogen and oxygen atoms in total. The maximum absolute atomic E-state index is 12.5. The van der Waals surface area contributed by atoms with Crippen molar-refractivity contribution in [1.82, 2.24) is 25.0 Å². The molecule has 0 spiro atoms. The number of nitrogens with zero attached hydrogens (tertiary/aromatic N) is 5. The highest BCUT2D eigenvalue weighted by Gasteiger charge is 2.14. The Balaban J connectivity index is 1.45. The molecule has 0 saturated heterocycles. The molecule has 0 bridgehead atoms. The molecule has 10 heteroatoms. The van der Waals surface area contributed by atoms with Gasteiger partial charge in [0.05, 0.1) is 30.3 Å². The standard InChI is InChI=1S/C26H30N6O4/c1-17(2)23-15-32(31-30-23)14-20(33)11-18-5-7-19(8-6-18)29-26-25-22(27-16-28-26)12-21(13-24(25)35-4)36-10-9-34-3/h5-8,12-13,15-17H,9-11,14H2,1-4H3,(H,27,28,29). The van der Waals surface area contributed by atoms with Gasteiger partial charge in [0.2, 0.25) is 0 Å². The second kappa shape index (κ2) is 11.6. The number of anilines is 2. The third-order valence-corrected chi connectivity index (χ3v) is 5.56. The van der Waals surface area contributed by atoms with Gasteiger partial charge in [-0.15, -0.1) is 5.10 Å². The number of hydrogen-bond donors (Lipinski definition) is 1. The molecule has 36 heavy (non-hydrogen) atoms. The lowest BCUT2D eigenvalue weighted by Gasteiger charge is -2.14. The first-order chi connectivity index (χ1) is 17.5. The van der Waals surface area contributed by atoms with Crippen molar-refractivity contribution in [1.29, 1.82) is 0 Å². The number of Topliss-reactive ketones (excluding diaryl/α,β-unsaturated/α-hetero) is 1. The normalized spacial score (nSPS) is 11.1. The molecule has 188 valence electrons. The summed E-state index contributed by atoms with van der Waals surface area (Å²) in [5.74, 6) is 2.18. The Hall–Kier alpha value is -4.05. The number of ketones is 1. The van der Waals surface area contributed by atoms with E-state index in [2.05, 4.69) is 25.6 Å². The molecule has 0 aliphatic carbocycles. The smallest absolute Gasteiger partial charge is 0.158 e. The number of carbonyl (C=O) groups is 1. The highest BCUT2D eigenvalue weighted by Crippen LogP contribution is 2.35. The van der Waals surface area contributed by atoms with Gasteiger partial charge in [0.1, 0.15) is 36.8 Å². The molecular weight excluding hydrogens is 460 g/mol. The summed E-state index contributed by atoms with van der Waals surface area (Å²) in [5.41, 5.74) is 3.31. The zero-order valence-corrected chi connectivity index (χ0v) is 20.9. The molecule has 0 fully saturated rings. The van der Waals surface area contributed by atoms with Crippen LogP contribution in [0.4, 0.5) is 11.5 Å².